The van der Waals surface area contributed by atoms with Crippen molar-refractivity contribution >= 4 is 38.5 Å². The molecule has 1 aromatic carbocycles. The van der Waals surface area contributed by atoms with Crippen LogP contribution in [-0.2, 0) is 6.42 Å². The molecule has 7 nitrogen and oxygen atoms in total. The van der Waals surface area contributed by atoms with Crippen LogP contribution in [0.25, 0.3) is 21.2 Å². The molecule has 0 atom stereocenters. The van der Waals surface area contributed by atoms with Crippen molar-refractivity contribution in [3.05, 3.63) is 64.5 Å². The molecular formula is C19H16N6OS2. The number of aromatic nitrogens is 5. The summed E-state index contributed by atoms with van der Waals surface area (Å²) in [5, 5.41) is 10.2. The Labute approximate surface area is 168 Å². The summed E-state index contributed by atoms with van der Waals surface area (Å²) >= 11 is 3.02. The second-order valence-electron chi connectivity index (χ2n) is 6.35. The molecule has 1 amide bonds. The highest BCUT2D eigenvalue weighted by Crippen LogP contribution is 2.23. The quantitative estimate of drug-likeness (QED) is 0.483. The molecule has 5 rings (SSSR count). The monoisotopic (exact) mass is 408 g/mol. The van der Waals surface area contributed by atoms with Gasteiger partial charge in [-0.3, -0.25) is 9.20 Å². The summed E-state index contributed by atoms with van der Waals surface area (Å²) in [5.41, 5.74) is 3.41. The van der Waals surface area contributed by atoms with Crippen molar-refractivity contribution in [1.82, 2.24) is 29.3 Å². The van der Waals surface area contributed by atoms with E-state index in [0.29, 0.717) is 18.7 Å². The van der Waals surface area contributed by atoms with E-state index in [1.807, 2.05) is 59.4 Å². The smallest absolute Gasteiger partial charge is 0.269 e. The topological polar surface area (TPSA) is 76.6 Å². The Morgan fingerprint density at radius 1 is 1.14 bits per heavy atom. The van der Waals surface area contributed by atoms with Gasteiger partial charge in [0.15, 0.2) is 4.96 Å². The molecule has 0 fully saturated rings. The second kappa shape index (κ2) is 6.84. The van der Waals surface area contributed by atoms with Crippen LogP contribution in [0.1, 0.15) is 21.2 Å². The lowest BCUT2D eigenvalue weighted by atomic mass is 10.2. The number of amides is 1. The maximum absolute atomic E-state index is 12.6. The van der Waals surface area contributed by atoms with Crippen molar-refractivity contribution < 1.29 is 4.79 Å². The van der Waals surface area contributed by atoms with E-state index in [9.17, 15) is 4.79 Å². The Balaban J connectivity index is 1.28. The molecule has 4 heterocycles. The summed E-state index contributed by atoms with van der Waals surface area (Å²) in [7, 11) is 0. The van der Waals surface area contributed by atoms with Crippen LogP contribution in [0.15, 0.2) is 48.1 Å². The maximum atomic E-state index is 12.6. The first-order valence-corrected chi connectivity index (χ1v) is 10.5. The molecule has 5 aromatic rings. The molecule has 0 radical (unpaired) electrons. The minimum Gasteiger partial charge on any atom is -0.350 e. The number of hydrogen-bond donors (Lipinski definition) is 1. The molecule has 0 aliphatic heterocycles. The Morgan fingerprint density at radius 2 is 2.00 bits per heavy atom. The number of carbonyl (C=O) groups excluding carboxylic acids is 1. The third kappa shape index (κ3) is 3.08. The van der Waals surface area contributed by atoms with Gasteiger partial charge in [0, 0.05) is 30.1 Å². The Bertz CT molecular complexity index is 1250. The molecule has 0 saturated heterocycles. The van der Waals surface area contributed by atoms with Crippen LogP contribution < -0.4 is 5.32 Å². The van der Waals surface area contributed by atoms with Gasteiger partial charge in [-0.15, -0.1) is 11.3 Å². The highest BCUT2D eigenvalue weighted by molar-refractivity contribution is 7.16. The molecular weight excluding hydrogens is 392 g/mol. The highest BCUT2D eigenvalue weighted by Gasteiger charge is 2.15. The molecule has 1 N–H and O–H groups in total. The summed E-state index contributed by atoms with van der Waals surface area (Å²) in [5.74, 6) is -0.113. The molecule has 0 bridgehead atoms. The first kappa shape index (κ1) is 17.1. The lowest BCUT2D eigenvalue weighted by Crippen LogP contribution is -2.26. The second-order valence-corrected chi connectivity index (χ2v) is 8.35. The normalized spacial score (nSPS) is 11.5. The lowest BCUT2D eigenvalue weighted by Gasteiger charge is -2.02. The zero-order chi connectivity index (χ0) is 19.1. The number of thiazole rings is 1. The minimum absolute atomic E-state index is 0.113. The summed E-state index contributed by atoms with van der Waals surface area (Å²) in [6.45, 7) is 2.47. The zero-order valence-corrected chi connectivity index (χ0v) is 16.6. The molecule has 28 heavy (non-hydrogen) atoms. The molecule has 9 heteroatoms. The predicted molar refractivity (Wildman–Crippen MR) is 110 cm³/mol. The van der Waals surface area contributed by atoms with Crippen LogP contribution >= 0.6 is 22.7 Å². The third-order valence-electron chi connectivity index (χ3n) is 4.37. The molecule has 140 valence electrons. The van der Waals surface area contributed by atoms with Crippen molar-refractivity contribution in [1.29, 1.82) is 0 Å². The SMILES string of the molecule is Cc1nn2cc(CCNC(=O)c3csc4nc(-c5ccccc5)cn34)nc2s1. The average Bonchev–Trinajstić information content (AvgIpc) is 3.41. The van der Waals surface area contributed by atoms with Crippen molar-refractivity contribution in [2.75, 3.05) is 6.54 Å². The van der Waals surface area contributed by atoms with E-state index < -0.39 is 0 Å². The van der Waals surface area contributed by atoms with Gasteiger partial charge in [0.2, 0.25) is 4.96 Å². The zero-order valence-electron chi connectivity index (χ0n) is 15.0. The van der Waals surface area contributed by atoms with Crippen LogP contribution in [0.4, 0.5) is 0 Å². The Morgan fingerprint density at radius 3 is 2.82 bits per heavy atom. The van der Waals surface area contributed by atoms with Crippen molar-refractivity contribution in [2.45, 2.75) is 13.3 Å². The maximum Gasteiger partial charge on any atom is 0.269 e. The first-order valence-electron chi connectivity index (χ1n) is 8.79. The summed E-state index contributed by atoms with van der Waals surface area (Å²) in [6, 6.07) is 9.96. The van der Waals surface area contributed by atoms with Gasteiger partial charge >= 0.3 is 0 Å². The van der Waals surface area contributed by atoms with E-state index >= 15 is 0 Å². The van der Waals surface area contributed by atoms with E-state index in [0.717, 1.165) is 31.9 Å². The summed E-state index contributed by atoms with van der Waals surface area (Å²) in [6.07, 6.45) is 4.48. The van der Waals surface area contributed by atoms with Gasteiger partial charge in [0.25, 0.3) is 5.91 Å². The largest absolute Gasteiger partial charge is 0.350 e. The molecule has 0 unspecified atom stereocenters. The number of rotatable bonds is 5. The summed E-state index contributed by atoms with van der Waals surface area (Å²) in [4.78, 5) is 23.5. The number of imidazole rings is 2. The first-order chi connectivity index (χ1) is 13.7. The number of benzene rings is 1. The summed E-state index contributed by atoms with van der Waals surface area (Å²) < 4.78 is 3.64. The molecule has 4 aromatic heterocycles. The number of carbonyl (C=O) groups is 1. The van der Waals surface area contributed by atoms with Gasteiger partial charge in [0.05, 0.1) is 17.6 Å². The number of nitrogens with one attached hydrogen (secondary N) is 1. The number of fused-ring (bicyclic) bond motifs is 2. The average molecular weight is 409 g/mol. The van der Waals surface area contributed by atoms with Crippen LogP contribution in [0.2, 0.25) is 0 Å². The van der Waals surface area contributed by atoms with E-state index in [1.165, 1.54) is 11.3 Å². The number of hydrogen-bond acceptors (Lipinski definition) is 6. The third-order valence-corrected chi connectivity index (χ3v) is 6.05. The van der Waals surface area contributed by atoms with E-state index in [4.69, 9.17) is 0 Å². The predicted octanol–water partition coefficient (Wildman–Crippen LogP) is 3.45. The van der Waals surface area contributed by atoms with Crippen molar-refractivity contribution in [3.8, 4) is 11.3 Å². The fourth-order valence-corrected chi connectivity index (χ4v) is 4.65. The fraction of sp³-hybridized carbons (Fsp3) is 0.158. The van der Waals surface area contributed by atoms with Crippen molar-refractivity contribution in [2.24, 2.45) is 0 Å². The Kier molecular flexibility index (Phi) is 4.18. The van der Waals surface area contributed by atoms with Crippen molar-refractivity contribution in [3.63, 3.8) is 0 Å². The van der Waals surface area contributed by atoms with Crippen LogP contribution in [0, 0.1) is 6.92 Å². The van der Waals surface area contributed by atoms with E-state index in [-0.39, 0.29) is 5.91 Å². The molecule has 0 saturated carbocycles. The standard InChI is InChI=1S/C19H16N6OS2/c1-12-23-25-9-14(21-19(25)28-12)7-8-20-17(26)16-11-27-18-22-15(10-24(16)18)13-5-3-2-4-6-13/h2-6,9-11H,7-8H2,1H3,(H,20,26). The fourth-order valence-electron chi connectivity index (χ4n) is 3.06. The lowest BCUT2D eigenvalue weighted by molar-refractivity contribution is 0.0948. The van der Waals surface area contributed by atoms with Gasteiger partial charge in [-0.25, -0.2) is 14.5 Å². The van der Waals surface area contributed by atoms with Crippen LogP contribution in [-0.4, -0.2) is 36.4 Å². The Hall–Kier alpha value is -3.04. The van der Waals surface area contributed by atoms with Crippen LogP contribution in [0.5, 0.6) is 0 Å². The highest BCUT2D eigenvalue weighted by atomic mass is 32.1. The van der Waals surface area contributed by atoms with Gasteiger partial charge in [-0.2, -0.15) is 5.10 Å². The van der Waals surface area contributed by atoms with Gasteiger partial charge in [-0.1, -0.05) is 41.7 Å². The minimum atomic E-state index is -0.113. The van der Waals surface area contributed by atoms with Crippen LogP contribution in [0.3, 0.4) is 0 Å². The van der Waals surface area contributed by atoms with Gasteiger partial charge < -0.3 is 5.32 Å². The molecule has 0 aliphatic rings. The van der Waals surface area contributed by atoms with E-state index in [1.54, 1.807) is 15.9 Å². The van der Waals surface area contributed by atoms with Gasteiger partial charge in [-0.05, 0) is 6.92 Å². The molecule has 0 aliphatic carbocycles. The van der Waals surface area contributed by atoms with Gasteiger partial charge in [0.1, 0.15) is 10.7 Å². The van der Waals surface area contributed by atoms with E-state index in [2.05, 4.69) is 20.4 Å². The molecule has 0 spiro atoms. The number of nitrogens with zero attached hydrogens (tertiary/aromatic N) is 5. The number of aryl methyl sites for hydroxylation is 1.